The molecule has 28 heavy (non-hydrogen) atoms. The number of hydrogen-bond donors (Lipinski definition) is 7. The second-order valence-corrected chi connectivity index (χ2v) is 6.59. The zero-order valence-corrected chi connectivity index (χ0v) is 15.8. The van der Waals surface area contributed by atoms with Gasteiger partial charge >= 0.3 is 11.9 Å². The van der Waals surface area contributed by atoms with E-state index in [-0.39, 0.29) is 25.2 Å². The summed E-state index contributed by atoms with van der Waals surface area (Å²) in [7, 11) is 0. The number of aliphatic hydroxyl groups is 1. The average molecular weight is 404 g/mol. The van der Waals surface area contributed by atoms with Gasteiger partial charge in [0.15, 0.2) is 0 Å². The molecule has 0 spiro atoms. The highest BCUT2D eigenvalue weighted by Gasteiger charge is 2.27. The number of carboxylic acid groups (broad SMARTS) is 2. The van der Waals surface area contributed by atoms with Gasteiger partial charge in [0.05, 0.1) is 19.2 Å². The molecule has 0 aromatic carbocycles. The molecule has 0 saturated carbocycles. The highest BCUT2D eigenvalue weighted by atomic mass is 16.4. The minimum Gasteiger partial charge on any atom is -0.481 e. The molecule has 8 N–H and O–H groups in total. The van der Waals surface area contributed by atoms with E-state index in [1.54, 1.807) is 13.8 Å². The van der Waals surface area contributed by atoms with E-state index in [2.05, 4.69) is 16.0 Å². The summed E-state index contributed by atoms with van der Waals surface area (Å²) < 4.78 is 0. The fourth-order valence-corrected chi connectivity index (χ4v) is 2.11. The van der Waals surface area contributed by atoms with Crippen molar-refractivity contribution in [3.8, 4) is 0 Å². The number of hydrogen-bond acceptors (Lipinski definition) is 7. The number of rotatable bonds is 13. The molecule has 0 aromatic heterocycles. The molecule has 0 aliphatic heterocycles. The molecule has 0 bridgehead atoms. The number of amides is 3. The molecule has 3 atom stereocenters. The van der Waals surface area contributed by atoms with E-state index in [9.17, 15) is 24.0 Å². The maximum atomic E-state index is 12.2. The fourth-order valence-electron chi connectivity index (χ4n) is 2.11. The Morgan fingerprint density at radius 2 is 1.57 bits per heavy atom. The molecule has 12 heteroatoms. The quantitative estimate of drug-likeness (QED) is 0.171. The predicted octanol–water partition coefficient (Wildman–Crippen LogP) is -2.61. The molecular formula is C16H28N4O8. The van der Waals surface area contributed by atoms with Crippen molar-refractivity contribution in [3.63, 3.8) is 0 Å². The summed E-state index contributed by atoms with van der Waals surface area (Å²) in [4.78, 5) is 57.3. The first kappa shape index (κ1) is 25.3. The summed E-state index contributed by atoms with van der Waals surface area (Å²) >= 11 is 0. The van der Waals surface area contributed by atoms with Crippen molar-refractivity contribution in [1.82, 2.24) is 16.0 Å². The number of nitrogens with one attached hydrogen (secondary N) is 3. The second kappa shape index (κ2) is 12.6. The summed E-state index contributed by atoms with van der Waals surface area (Å²) in [5, 5.41) is 33.2. The molecule has 12 nitrogen and oxygen atoms in total. The standard InChI is InChI=1S/C16H28N4O8/c1-8(2)5-10(15(26)20-11(7-21)16(27)28)19-12(22)6-18-14(25)9(17)3-4-13(23)24/h8-11,21H,3-7,17H2,1-2H3,(H,18,25)(H,19,22)(H,20,26)(H,23,24)(H,27,28). The Morgan fingerprint density at radius 3 is 2.04 bits per heavy atom. The van der Waals surface area contributed by atoms with Gasteiger partial charge in [0.25, 0.3) is 0 Å². The van der Waals surface area contributed by atoms with Crippen LogP contribution in [0, 0.1) is 5.92 Å². The number of aliphatic carboxylic acids is 2. The van der Waals surface area contributed by atoms with Crippen LogP contribution in [0.1, 0.15) is 33.1 Å². The van der Waals surface area contributed by atoms with Crippen molar-refractivity contribution in [2.75, 3.05) is 13.2 Å². The number of aliphatic hydroxyl groups excluding tert-OH is 1. The summed E-state index contributed by atoms with van der Waals surface area (Å²) in [6.07, 6.45) is -0.201. The number of carbonyl (C=O) groups excluding carboxylic acids is 3. The van der Waals surface area contributed by atoms with E-state index in [1.165, 1.54) is 0 Å². The third kappa shape index (κ3) is 10.4. The molecule has 0 aliphatic carbocycles. The van der Waals surface area contributed by atoms with E-state index in [0.29, 0.717) is 0 Å². The first-order valence-electron chi connectivity index (χ1n) is 8.66. The number of carboxylic acids is 2. The highest BCUT2D eigenvalue weighted by molar-refractivity contribution is 5.92. The van der Waals surface area contributed by atoms with Crippen LogP contribution >= 0.6 is 0 Å². The Labute approximate surface area is 161 Å². The van der Waals surface area contributed by atoms with Crippen LogP contribution in [0.5, 0.6) is 0 Å². The van der Waals surface area contributed by atoms with Gasteiger partial charge in [0, 0.05) is 6.42 Å². The minimum absolute atomic E-state index is 0.0208. The lowest BCUT2D eigenvalue weighted by molar-refractivity contribution is -0.143. The SMILES string of the molecule is CC(C)CC(NC(=O)CNC(=O)C(N)CCC(=O)O)C(=O)NC(CO)C(=O)O. The molecule has 0 aromatic rings. The Balaban J connectivity index is 4.72. The van der Waals surface area contributed by atoms with Gasteiger partial charge in [-0.05, 0) is 18.8 Å². The number of nitrogens with two attached hydrogens (primary N) is 1. The van der Waals surface area contributed by atoms with Gasteiger partial charge in [-0.3, -0.25) is 19.2 Å². The van der Waals surface area contributed by atoms with Crippen LogP contribution in [0.25, 0.3) is 0 Å². The van der Waals surface area contributed by atoms with E-state index in [4.69, 9.17) is 21.1 Å². The third-order valence-corrected chi connectivity index (χ3v) is 3.59. The topological polar surface area (TPSA) is 208 Å². The minimum atomic E-state index is -1.51. The van der Waals surface area contributed by atoms with Crippen molar-refractivity contribution in [2.45, 2.75) is 51.2 Å². The van der Waals surface area contributed by atoms with E-state index in [1.807, 2.05) is 0 Å². The van der Waals surface area contributed by atoms with Gasteiger partial charge in [0.1, 0.15) is 12.1 Å². The van der Waals surface area contributed by atoms with E-state index >= 15 is 0 Å². The molecule has 0 saturated heterocycles. The van der Waals surface area contributed by atoms with Crippen LogP contribution in [-0.2, 0) is 24.0 Å². The maximum absolute atomic E-state index is 12.2. The van der Waals surface area contributed by atoms with Gasteiger partial charge < -0.3 is 37.0 Å². The lowest BCUT2D eigenvalue weighted by atomic mass is 10.0. The van der Waals surface area contributed by atoms with E-state index < -0.39 is 60.9 Å². The molecule has 0 rings (SSSR count). The van der Waals surface area contributed by atoms with Crippen molar-refractivity contribution in [2.24, 2.45) is 11.7 Å². The molecular weight excluding hydrogens is 376 g/mol. The Hall–Kier alpha value is -2.73. The summed E-state index contributed by atoms with van der Waals surface area (Å²) in [6.45, 7) is 2.27. The Bertz CT molecular complexity index is 581. The van der Waals surface area contributed by atoms with Crippen molar-refractivity contribution in [1.29, 1.82) is 0 Å². The Kier molecular flexibility index (Phi) is 11.4. The zero-order chi connectivity index (χ0) is 21.9. The van der Waals surface area contributed by atoms with Crippen LogP contribution in [0.3, 0.4) is 0 Å². The van der Waals surface area contributed by atoms with Gasteiger partial charge in [-0.25, -0.2) is 4.79 Å². The van der Waals surface area contributed by atoms with Gasteiger partial charge in [-0.1, -0.05) is 13.8 Å². The van der Waals surface area contributed by atoms with Crippen molar-refractivity contribution >= 4 is 29.7 Å². The van der Waals surface area contributed by atoms with Crippen molar-refractivity contribution in [3.05, 3.63) is 0 Å². The van der Waals surface area contributed by atoms with Crippen LogP contribution in [0.15, 0.2) is 0 Å². The predicted molar refractivity (Wildman–Crippen MR) is 95.9 cm³/mol. The average Bonchev–Trinajstić information content (AvgIpc) is 2.60. The molecule has 0 radical (unpaired) electrons. The maximum Gasteiger partial charge on any atom is 0.328 e. The van der Waals surface area contributed by atoms with Gasteiger partial charge in [-0.2, -0.15) is 0 Å². The Morgan fingerprint density at radius 1 is 0.964 bits per heavy atom. The highest BCUT2D eigenvalue weighted by Crippen LogP contribution is 2.05. The molecule has 3 amide bonds. The fraction of sp³-hybridized carbons (Fsp3) is 0.688. The molecule has 0 fully saturated rings. The number of carbonyl (C=O) groups is 5. The third-order valence-electron chi connectivity index (χ3n) is 3.59. The van der Waals surface area contributed by atoms with Crippen LogP contribution in [0.2, 0.25) is 0 Å². The monoisotopic (exact) mass is 404 g/mol. The van der Waals surface area contributed by atoms with Crippen molar-refractivity contribution < 1.29 is 39.3 Å². The van der Waals surface area contributed by atoms with E-state index in [0.717, 1.165) is 0 Å². The first-order valence-corrected chi connectivity index (χ1v) is 8.66. The van der Waals surface area contributed by atoms with Crippen LogP contribution < -0.4 is 21.7 Å². The summed E-state index contributed by atoms with van der Waals surface area (Å²) in [5.41, 5.74) is 5.52. The normalized spacial score (nSPS) is 13.9. The summed E-state index contributed by atoms with van der Waals surface area (Å²) in [5.74, 6) is -4.76. The summed E-state index contributed by atoms with van der Waals surface area (Å²) in [6, 6.07) is -3.68. The van der Waals surface area contributed by atoms with Crippen LogP contribution in [-0.4, -0.2) is 76.3 Å². The lowest BCUT2D eigenvalue weighted by Crippen LogP contribution is -2.54. The second-order valence-electron chi connectivity index (χ2n) is 6.59. The molecule has 160 valence electrons. The first-order chi connectivity index (χ1) is 13.0. The molecule has 0 aliphatic rings. The zero-order valence-electron chi connectivity index (χ0n) is 15.8. The van der Waals surface area contributed by atoms with Gasteiger partial charge in [0.2, 0.25) is 17.7 Å². The lowest BCUT2D eigenvalue weighted by Gasteiger charge is -2.22. The molecule has 0 heterocycles. The molecule has 3 unspecified atom stereocenters. The van der Waals surface area contributed by atoms with Gasteiger partial charge in [-0.15, -0.1) is 0 Å². The smallest absolute Gasteiger partial charge is 0.328 e. The van der Waals surface area contributed by atoms with Crippen LogP contribution in [0.4, 0.5) is 0 Å². The largest absolute Gasteiger partial charge is 0.481 e.